The van der Waals surface area contributed by atoms with Crippen LogP contribution < -0.4 is 5.73 Å². The fourth-order valence-corrected chi connectivity index (χ4v) is 3.23. The van der Waals surface area contributed by atoms with Gasteiger partial charge in [0.1, 0.15) is 0 Å². The normalized spacial score (nSPS) is 30.4. The van der Waals surface area contributed by atoms with Gasteiger partial charge in [-0.1, -0.05) is 6.92 Å². The summed E-state index contributed by atoms with van der Waals surface area (Å²) in [7, 11) is 0. The molecule has 2 atom stereocenters. The average Bonchev–Trinajstić information content (AvgIpc) is 2.39. The number of amides is 1. The van der Waals surface area contributed by atoms with Crippen LogP contribution in [0.2, 0.25) is 0 Å². The first-order valence-electron chi connectivity index (χ1n) is 7.29. The van der Waals surface area contributed by atoms with E-state index in [1.165, 1.54) is 6.42 Å². The largest absolute Gasteiger partial charge is 0.381 e. The van der Waals surface area contributed by atoms with E-state index in [9.17, 15) is 4.79 Å². The van der Waals surface area contributed by atoms with E-state index in [2.05, 4.69) is 6.92 Å². The summed E-state index contributed by atoms with van der Waals surface area (Å²) in [4.78, 5) is 14.5. The summed E-state index contributed by atoms with van der Waals surface area (Å²) in [6.45, 7) is 5.34. The van der Waals surface area contributed by atoms with Gasteiger partial charge in [-0.25, -0.2) is 0 Å². The van der Waals surface area contributed by atoms with Gasteiger partial charge in [-0.2, -0.15) is 0 Å². The lowest BCUT2D eigenvalue weighted by Crippen LogP contribution is -2.51. The Labute approximate surface area is 110 Å². The number of rotatable bonds is 3. The van der Waals surface area contributed by atoms with Gasteiger partial charge in [-0.05, 0) is 37.5 Å². The predicted molar refractivity (Wildman–Crippen MR) is 71.1 cm³/mol. The van der Waals surface area contributed by atoms with Crippen LogP contribution in [0.15, 0.2) is 0 Å². The molecule has 2 heterocycles. The molecule has 0 aromatic carbocycles. The van der Waals surface area contributed by atoms with E-state index >= 15 is 0 Å². The van der Waals surface area contributed by atoms with Crippen LogP contribution in [-0.4, -0.2) is 43.2 Å². The van der Waals surface area contributed by atoms with Crippen LogP contribution in [0.1, 0.15) is 39.0 Å². The number of hydrogen-bond donors (Lipinski definition) is 1. The molecule has 0 radical (unpaired) electrons. The van der Waals surface area contributed by atoms with Crippen LogP contribution >= 0.6 is 0 Å². The second kappa shape index (κ2) is 6.53. The van der Waals surface area contributed by atoms with E-state index < -0.39 is 0 Å². The van der Waals surface area contributed by atoms with Crippen molar-refractivity contribution in [1.29, 1.82) is 0 Å². The van der Waals surface area contributed by atoms with Crippen molar-refractivity contribution in [2.24, 2.45) is 17.6 Å². The Morgan fingerprint density at radius 2 is 2.06 bits per heavy atom. The molecule has 2 rings (SSSR count). The van der Waals surface area contributed by atoms with Crippen LogP contribution in [0.3, 0.4) is 0 Å². The summed E-state index contributed by atoms with van der Waals surface area (Å²) in [6.07, 6.45) is 5.07. The number of nitrogens with two attached hydrogens (primary N) is 1. The molecule has 2 saturated heterocycles. The maximum absolute atomic E-state index is 12.4. The summed E-state index contributed by atoms with van der Waals surface area (Å²) in [5, 5.41) is 0. The second-order valence-electron chi connectivity index (χ2n) is 5.77. The minimum atomic E-state index is 0.256. The van der Waals surface area contributed by atoms with Gasteiger partial charge in [-0.15, -0.1) is 0 Å². The molecule has 0 bridgehead atoms. The van der Waals surface area contributed by atoms with E-state index in [1.54, 1.807) is 0 Å². The van der Waals surface area contributed by atoms with Crippen molar-refractivity contribution < 1.29 is 9.53 Å². The topological polar surface area (TPSA) is 55.6 Å². The molecule has 0 aliphatic carbocycles. The third kappa shape index (κ3) is 3.23. The summed E-state index contributed by atoms with van der Waals surface area (Å²) in [5.41, 5.74) is 5.84. The highest BCUT2D eigenvalue weighted by Gasteiger charge is 2.31. The van der Waals surface area contributed by atoms with Crippen molar-refractivity contribution in [3.8, 4) is 0 Å². The molecule has 0 aromatic heterocycles. The number of hydrogen-bond acceptors (Lipinski definition) is 3. The van der Waals surface area contributed by atoms with Gasteiger partial charge in [0.2, 0.25) is 5.91 Å². The molecule has 4 heteroatoms. The van der Waals surface area contributed by atoms with Gasteiger partial charge >= 0.3 is 0 Å². The van der Waals surface area contributed by atoms with Crippen molar-refractivity contribution in [1.82, 2.24) is 4.90 Å². The molecule has 18 heavy (non-hydrogen) atoms. The lowest BCUT2D eigenvalue weighted by Gasteiger charge is -2.40. The molecular weight excluding hydrogens is 228 g/mol. The first-order chi connectivity index (χ1) is 8.72. The number of likely N-dealkylation sites (tertiary alicyclic amines) is 1. The third-order valence-corrected chi connectivity index (χ3v) is 4.48. The summed E-state index contributed by atoms with van der Waals surface area (Å²) in [6, 6.07) is 0.256. The molecule has 104 valence electrons. The van der Waals surface area contributed by atoms with E-state index in [0.717, 1.165) is 39.0 Å². The minimum absolute atomic E-state index is 0.256. The Kier molecular flexibility index (Phi) is 5.01. The lowest BCUT2D eigenvalue weighted by atomic mass is 9.89. The van der Waals surface area contributed by atoms with Crippen LogP contribution in [0.4, 0.5) is 0 Å². The molecule has 2 N–H and O–H groups in total. The second-order valence-corrected chi connectivity index (χ2v) is 5.77. The average molecular weight is 254 g/mol. The van der Waals surface area contributed by atoms with Crippen LogP contribution in [0.25, 0.3) is 0 Å². The fourth-order valence-electron chi connectivity index (χ4n) is 3.23. The Bertz CT molecular complexity index is 277. The zero-order valence-corrected chi connectivity index (χ0v) is 11.4. The van der Waals surface area contributed by atoms with Gasteiger partial charge in [0.25, 0.3) is 0 Å². The maximum Gasteiger partial charge on any atom is 0.223 e. The van der Waals surface area contributed by atoms with Crippen molar-refractivity contribution in [3.05, 3.63) is 0 Å². The summed E-state index contributed by atoms with van der Waals surface area (Å²) in [5.74, 6) is 1.37. The molecule has 1 amide bonds. The SMILES string of the molecule is CC1CCCN(C(=O)CC2CCOCC2)C1CN. The number of piperidine rings is 1. The fraction of sp³-hybridized carbons (Fsp3) is 0.929. The third-order valence-electron chi connectivity index (χ3n) is 4.48. The maximum atomic E-state index is 12.4. The Hall–Kier alpha value is -0.610. The van der Waals surface area contributed by atoms with Crippen LogP contribution in [-0.2, 0) is 9.53 Å². The van der Waals surface area contributed by atoms with Crippen LogP contribution in [0, 0.1) is 11.8 Å². The van der Waals surface area contributed by atoms with Crippen molar-refractivity contribution in [2.75, 3.05) is 26.3 Å². The van der Waals surface area contributed by atoms with Crippen LogP contribution in [0.5, 0.6) is 0 Å². The van der Waals surface area contributed by atoms with Gasteiger partial charge in [0.05, 0.1) is 0 Å². The van der Waals surface area contributed by atoms with Crippen molar-refractivity contribution >= 4 is 5.91 Å². The first-order valence-corrected chi connectivity index (χ1v) is 7.29. The van der Waals surface area contributed by atoms with Gasteiger partial charge < -0.3 is 15.4 Å². The molecule has 0 aromatic rings. The highest BCUT2D eigenvalue weighted by Crippen LogP contribution is 2.26. The molecule has 4 nitrogen and oxygen atoms in total. The smallest absolute Gasteiger partial charge is 0.223 e. The van der Waals surface area contributed by atoms with E-state index in [1.807, 2.05) is 4.90 Å². The quantitative estimate of drug-likeness (QED) is 0.828. The lowest BCUT2D eigenvalue weighted by molar-refractivity contribution is -0.137. The highest BCUT2D eigenvalue weighted by molar-refractivity contribution is 5.77. The standard InChI is InChI=1S/C14H26N2O2/c1-11-3-2-6-16(13(11)10-15)14(17)9-12-4-7-18-8-5-12/h11-13H,2-10,15H2,1H3. The van der Waals surface area contributed by atoms with Gasteiger partial charge in [-0.3, -0.25) is 4.79 Å². The molecule has 0 saturated carbocycles. The number of nitrogens with zero attached hydrogens (tertiary/aromatic N) is 1. The van der Waals surface area contributed by atoms with Gasteiger partial charge in [0, 0.05) is 38.8 Å². The molecule has 2 aliphatic heterocycles. The molecule has 2 aliphatic rings. The molecule has 2 unspecified atom stereocenters. The zero-order chi connectivity index (χ0) is 13.0. The Morgan fingerprint density at radius 3 is 2.72 bits per heavy atom. The highest BCUT2D eigenvalue weighted by atomic mass is 16.5. The molecule has 2 fully saturated rings. The number of carbonyl (C=O) groups is 1. The van der Waals surface area contributed by atoms with Gasteiger partial charge in [0.15, 0.2) is 0 Å². The predicted octanol–water partition coefficient (Wildman–Crippen LogP) is 1.39. The number of carbonyl (C=O) groups excluding carboxylic acids is 1. The minimum Gasteiger partial charge on any atom is -0.381 e. The number of ether oxygens (including phenoxy) is 1. The Morgan fingerprint density at radius 1 is 1.33 bits per heavy atom. The van der Waals surface area contributed by atoms with E-state index in [4.69, 9.17) is 10.5 Å². The molecular formula is C14H26N2O2. The Balaban J connectivity index is 1.89. The zero-order valence-electron chi connectivity index (χ0n) is 11.4. The first kappa shape index (κ1) is 13.8. The molecule has 0 spiro atoms. The summed E-state index contributed by atoms with van der Waals surface area (Å²) >= 11 is 0. The summed E-state index contributed by atoms with van der Waals surface area (Å²) < 4.78 is 5.34. The van der Waals surface area contributed by atoms with E-state index in [-0.39, 0.29) is 6.04 Å². The van der Waals surface area contributed by atoms with Crippen molar-refractivity contribution in [2.45, 2.75) is 45.1 Å². The van der Waals surface area contributed by atoms with E-state index in [0.29, 0.717) is 30.7 Å². The van der Waals surface area contributed by atoms with Crippen molar-refractivity contribution in [3.63, 3.8) is 0 Å². The monoisotopic (exact) mass is 254 g/mol.